The van der Waals surface area contributed by atoms with Gasteiger partial charge in [-0.05, 0) is 42.0 Å². The number of benzene rings is 2. The van der Waals surface area contributed by atoms with E-state index in [0.717, 1.165) is 5.56 Å². The maximum atomic E-state index is 12.5. The van der Waals surface area contributed by atoms with E-state index in [1.54, 1.807) is 46.2 Å². The first-order valence-corrected chi connectivity index (χ1v) is 9.06. The van der Waals surface area contributed by atoms with E-state index in [2.05, 4.69) is 0 Å². The molecular formula is C20H18Cl2N2O2. The molecule has 1 saturated heterocycles. The Morgan fingerprint density at radius 3 is 2.12 bits per heavy atom. The Kier molecular flexibility index (Phi) is 5.96. The third kappa shape index (κ3) is 4.45. The fraction of sp³-hybridized carbons (Fsp3) is 0.200. The molecule has 6 heteroatoms. The number of carbonyl (C=O) groups excluding carboxylic acids is 2. The van der Waals surface area contributed by atoms with E-state index in [-0.39, 0.29) is 11.8 Å². The van der Waals surface area contributed by atoms with E-state index in [1.165, 1.54) is 6.08 Å². The third-order valence-corrected chi connectivity index (χ3v) is 4.88. The molecule has 26 heavy (non-hydrogen) atoms. The first kappa shape index (κ1) is 18.5. The molecule has 0 atom stereocenters. The molecule has 134 valence electrons. The summed E-state index contributed by atoms with van der Waals surface area (Å²) in [5.74, 6) is -0.121. The molecular weight excluding hydrogens is 371 g/mol. The van der Waals surface area contributed by atoms with E-state index < -0.39 is 0 Å². The molecule has 2 aromatic carbocycles. The average molecular weight is 389 g/mol. The van der Waals surface area contributed by atoms with Crippen molar-refractivity contribution in [1.82, 2.24) is 9.80 Å². The number of hydrogen-bond acceptors (Lipinski definition) is 2. The van der Waals surface area contributed by atoms with E-state index in [0.29, 0.717) is 41.8 Å². The lowest BCUT2D eigenvalue weighted by molar-refractivity contribution is -0.127. The van der Waals surface area contributed by atoms with Crippen LogP contribution in [-0.4, -0.2) is 47.8 Å². The summed E-state index contributed by atoms with van der Waals surface area (Å²) >= 11 is 11.9. The summed E-state index contributed by atoms with van der Waals surface area (Å²) in [5, 5.41) is 1.21. The molecule has 3 rings (SSSR count). The maximum absolute atomic E-state index is 12.5. The third-order valence-electron chi connectivity index (χ3n) is 4.28. The van der Waals surface area contributed by atoms with Gasteiger partial charge in [-0.15, -0.1) is 0 Å². The van der Waals surface area contributed by atoms with Crippen LogP contribution in [-0.2, 0) is 4.79 Å². The molecule has 4 nitrogen and oxygen atoms in total. The first-order valence-electron chi connectivity index (χ1n) is 8.31. The Hall–Kier alpha value is -2.30. The van der Waals surface area contributed by atoms with Gasteiger partial charge in [0.15, 0.2) is 0 Å². The highest BCUT2D eigenvalue weighted by atomic mass is 35.5. The van der Waals surface area contributed by atoms with Crippen LogP contribution in [0, 0.1) is 0 Å². The largest absolute Gasteiger partial charge is 0.336 e. The van der Waals surface area contributed by atoms with E-state index in [4.69, 9.17) is 23.2 Å². The second-order valence-corrected chi connectivity index (χ2v) is 6.82. The van der Waals surface area contributed by atoms with Gasteiger partial charge in [-0.1, -0.05) is 41.4 Å². The number of piperazine rings is 1. The summed E-state index contributed by atoms with van der Waals surface area (Å²) in [6.07, 6.45) is 3.24. The molecule has 0 N–H and O–H groups in total. The molecule has 0 saturated carbocycles. The van der Waals surface area contributed by atoms with Gasteiger partial charge in [-0.25, -0.2) is 0 Å². The SMILES string of the molecule is O=C(/C=C/c1ccccc1Cl)N1CCN(C(=O)c2ccc(Cl)cc2)CC1. The summed E-state index contributed by atoms with van der Waals surface area (Å²) in [7, 11) is 0. The van der Waals surface area contributed by atoms with Gasteiger partial charge in [-0.2, -0.15) is 0 Å². The van der Waals surface area contributed by atoms with Crippen molar-refractivity contribution in [3.63, 3.8) is 0 Å². The fourth-order valence-corrected chi connectivity index (χ4v) is 3.11. The highest BCUT2D eigenvalue weighted by Crippen LogP contribution is 2.17. The minimum atomic E-state index is -0.0801. The van der Waals surface area contributed by atoms with Crippen molar-refractivity contribution in [2.75, 3.05) is 26.2 Å². The molecule has 0 aromatic heterocycles. The van der Waals surface area contributed by atoms with E-state index in [9.17, 15) is 9.59 Å². The Morgan fingerprint density at radius 1 is 0.846 bits per heavy atom. The van der Waals surface area contributed by atoms with E-state index in [1.807, 2.05) is 18.2 Å². The fourth-order valence-electron chi connectivity index (χ4n) is 2.78. The lowest BCUT2D eigenvalue weighted by Gasteiger charge is -2.34. The molecule has 1 aliphatic heterocycles. The summed E-state index contributed by atoms with van der Waals surface area (Å²) in [4.78, 5) is 28.3. The van der Waals surface area contributed by atoms with Crippen molar-refractivity contribution in [2.45, 2.75) is 0 Å². The van der Waals surface area contributed by atoms with Gasteiger partial charge in [0.2, 0.25) is 5.91 Å². The molecule has 0 bridgehead atoms. The number of amides is 2. The van der Waals surface area contributed by atoms with Gasteiger partial charge < -0.3 is 9.80 Å². The monoisotopic (exact) mass is 388 g/mol. The molecule has 1 aliphatic rings. The normalized spacial score (nSPS) is 14.7. The summed E-state index contributed by atoms with van der Waals surface area (Å²) < 4.78 is 0. The number of hydrogen-bond donors (Lipinski definition) is 0. The van der Waals surface area contributed by atoms with Crippen LogP contribution < -0.4 is 0 Å². The molecule has 2 aromatic rings. The molecule has 0 aliphatic carbocycles. The van der Waals surface area contributed by atoms with Crippen molar-refractivity contribution in [3.05, 3.63) is 75.8 Å². The molecule has 1 fully saturated rings. The van der Waals surface area contributed by atoms with Crippen molar-refractivity contribution in [1.29, 1.82) is 0 Å². The molecule has 0 spiro atoms. The highest BCUT2D eigenvalue weighted by Gasteiger charge is 2.23. The predicted octanol–water partition coefficient (Wildman–Crippen LogP) is 3.99. The summed E-state index contributed by atoms with van der Waals surface area (Å²) in [6.45, 7) is 2.02. The van der Waals surface area contributed by atoms with Crippen LogP contribution in [0.15, 0.2) is 54.6 Å². The summed E-state index contributed by atoms with van der Waals surface area (Å²) in [5.41, 5.74) is 1.41. The molecule has 2 amide bonds. The molecule has 0 radical (unpaired) electrons. The van der Waals surface area contributed by atoms with Crippen LogP contribution in [0.1, 0.15) is 15.9 Å². The minimum absolute atomic E-state index is 0.0413. The maximum Gasteiger partial charge on any atom is 0.253 e. The van der Waals surface area contributed by atoms with Crippen molar-refractivity contribution >= 4 is 41.1 Å². The Balaban J connectivity index is 1.56. The van der Waals surface area contributed by atoms with Crippen LogP contribution in [0.4, 0.5) is 0 Å². The Morgan fingerprint density at radius 2 is 1.46 bits per heavy atom. The topological polar surface area (TPSA) is 40.6 Å². The molecule has 1 heterocycles. The zero-order valence-electron chi connectivity index (χ0n) is 14.1. The standard InChI is InChI=1S/C20H18Cl2N2O2/c21-17-8-5-16(6-9-17)20(26)24-13-11-23(12-14-24)19(25)10-7-15-3-1-2-4-18(15)22/h1-10H,11-14H2/b10-7+. The lowest BCUT2D eigenvalue weighted by atomic mass is 10.1. The van der Waals surface area contributed by atoms with Gasteiger partial charge in [0, 0.05) is 47.9 Å². The van der Waals surface area contributed by atoms with Gasteiger partial charge in [0.25, 0.3) is 5.91 Å². The highest BCUT2D eigenvalue weighted by molar-refractivity contribution is 6.32. The molecule has 0 unspecified atom stereocenters. The van der Waals surface area contributed by atoms with Crippen molar-refractivity contribution in [3.8, 4) is 0 Å². The van der Waals surface area contributed by atoms with E-state index >= 15 is 0 Å². The van der Waals surface area contributed by atoms with Crippen LogP contribution in [0.25, 0.3) is 6.08 Å². The lowest BCUT2D eigenvalue weighted by Crippen LogP contribution is -2.50. The quantitative estimate of drug-likeness (QED) is 0.745. The first-order chi connectivity index (χ1) is 12.5. The second kappa shape index (κ2) is 8.39. The zero-order chi connectivity index (χ0) is 18.5. The van der Waals surface area contributed by atoms with Gasteiger partial charge in [0.1, 0.15) is 0 Å². The van der Waals surface area contributed by atoms with Gasteiger partial charge in [0.05, 0.1) is 0 Å². The number of carbonyl (C=O) groups is 2. The van der Waals surface area contributed by atoms with Crippen molar-refractivity contribution < 1.29 is 9.59 Å². The Bertz CT molecular complexity index is 826. The van der Waals surface area contributed by atoms with Gasteiger partial charge >= 0.3 is 0 Å². The van der Waals surface area contributed by atoms with Crippen LogP contribution in [0.3, 0.4) is 0 Å². The van der Waals surface area contributed by atoms with Crippen LogP contribution >= 0.6 is 23.2 Å². The number of halogens is 2. The van der Waals surface area contributed by atoms with Crippen LogP contribution in [0.5, 0.6) is 0 Å². The zero-order valence-corrected chi connectivity index (χ0v) is 15.6. The average Bonchev–Trinajstić information content (AvgIpc) is 2.67. The number of nitrogens with zero attached hydrogens (tertiary/aromatic N) is 2. The Labute approximate surface area is 162 Å². The van der Waals surface area contributed by atoms with Crippen LogP contribution in [0.2, 0.25) is 10.0 Å². The van der Waals surface area contributed by atoms with Gasteiger partial charge in [-0.3, -0.25) is 9.59 Å². The smallest absolute Gasteiger partial charge is 0.253 e. The van der Waals surface area contributed by atoms with Crippen molar-refractivity contribution in [2.24, 2.45) is 0 Å². The predicted molar refractivity (Wildman–Crippen MR) is 104 cm³/mol. The summed E-state index contributed by atoms with van der Waals surface area (Å²) in [6, 6.07) is 14.2. The minimum Gasteiger partial charge on any atom is -0.336 e. The number of rotatable bonds is 3. The second-order valence-electron chi connectivity index (χ2n) is 5.98.